The Hall–Kier alpha value is -2.61. The van der Waals surface area contributed by atoms with E-state index in [9.17, 15) is 0 Å². The second-order valence-corrected chi connectivity index (χ2v) is 4.25. The molecule has 1 N–H and O–H groups in total. The van der Waals surface area contributed by atoms with Crippen molar-refractivity contribution in [3.8, 4) is 0 Å². The molecule has 0 aliphatic heterocycles. The first kappa shape index (κ1) is 11.5. The van der Waals surface area contributed by atoms with E-state index in [2.05, 4.69) is 52.4 Å². The summed E-state index contributed by atoms with van der Waals surface area (Å²) < 4.78 is 0. The fourth-order valence-electron chi connectivity index (χ4n) is 2.12. The summed E-state index contributed by atoms with van der Waals surface area (Å²) in [6, 6.07) is 20.5. The maximum Gasteiger partial charge on any atom is 0.0533 e. The van der Waals surface area contributed by atoms with Crippen molar-refractivity contribution < 1.29 is 0 Å². The van der Waals surface area contributed by atoms with Crippen molar-refractivity contribution in [3.63, 3.8) is 0 Å². The third-order valence-corrected chi connectivity index (χ3v) is 3.02. The first-order valence-electron chi connectivity index (χ1n) is 6.25. The van der Waals surface area contributed by atoms with Gasteiger partial charge < -0.3 is 4.98 Å². The molecule has 2 heteroatoms. The van der Waals surface area contributed by atoms with E-state index in [0.29, 0.717) is 0 Å². The van der Waals surface area contributed by atoms with Gasteiger partial charge in [-0.15, -0.1) is 0 Å². The number of benzene rings is 2. The lowest BCUT2D eigenvalue weighted by Gasteiger charge is -1.97. The molecule has 0 unspecified atom stereocenters. The van der Waals surface area contributed by atoms with Crippen molar-refractivity contribution in [1.29, 1.82) is 0 Å². The summed E-state index contributed by atoms with van der Waals surface area (Å²) in [5, 5.41) is 3.86. The summed E-state index contributed by atoms with van der Waals surface area (Å²) in [5.74, 6) is 0. The van der Waals surface area contributed by atoms with E-state index in [1.165, 1.54) is 21.7 Å². The van der Waals surface area contributed by atoms with Gasteiger partial charge in [-0.05, 0) is 23.6 Å². The molecule has 0 bridgehead atoms. The quantitative estimate of drug-likeness (QED) is 0.489. The van der Waals surface area contributed by atoms with E-state index in [1.54, 1.807) is 12.4 Å². The van der Waals surface area contributed by atoms with Crippen LogP contribution >= 0.6 is 0 Å². The van der Waals surface area contributed by atoms with Gasteiger partial charge in [0.05, 0.1) is 5.52 Å². The Kier molecular flexibility index (Phi) is 3.24. The summed E-state index contributed by atoms with van der Waals surface area (Å²) in [5.41, 5.74) is 1.23. The number of rotatable bonds is 0. The van der Waals surface area contributed by atoms with Crippen molar-refractivity contribution in [2.24, 2.45) is 0 Å². The highest BCUT2D eigenvalue weighted by atomic mass is 14.7. The molecule has 0 saturated heterocycles. The number of hydrogen-bond acceptors (Lipinski definition) is 1. The fourth-order valence-corrected chi connectivity index (χ4v) is 2.12. The number of pyridine rings is 1. The van der Waals surface area contributed by atoms with E-state index >= 15 is 0 Å². The van der Waals surface area contributed by atoms with E-state index in [0.717, 1.165) is 0 Å². The van der Waals surface area contributed by atoms with Crippen molar-refractivity contribution in [1.82, 2.24) is 9.97 Å². The molecule has 0 radical (unpaired) electrons. The minimum absolute atomic E-state index is 1.23. The van der Waals surface area contributed by atoms with Gasteiger partial charge in [0, 0.05) is 29.4 Å². The Bertz CT molecular complexity index is 746. The third kappa shape index (κ3) is 2.47. The minimum atomic E-state index is 1.23. The lowest BCUT2D eigenvalue weighted by molar-refractivity contribution is 1.33. The second kappa shape index (κ2) is 5.36. The van der Waals surface area contributed by atoms with Crippen LogP contribution in [-0.4, -0.2) is 9.97 Å². The molecular formula is C17H14N2. The maximum absolute atomic E-state index is 3.78. The van der Waals surface area contributed by atoms with Crippen LogP contribution in [0.1, 0.15) is 0 Å². The molecule has 2 heterocycles. The van der Waals surface area contributed by atoms with Gasteiger partial charge in [0.2, 0.25) is 0 Å². The Morgan fingerprint density at radius 1 is 0.684 bits per heavy atom. The van der Waals surface area contributed by atoms with Crippen LogP contribution in [0.5, 0.6) is 0 Å². The number of hydrogen-bond donors (Lipinski definition) is 1. The van der Waals surface area contributed by atoms with Crippen LogP contribution in [0.2, 0.25) is 0 Å². The van der Waals surface area contributed by atoms with E-state index in [1.807, 2.05) is 24.4 Å². The van der Waals surface area contributed by atoms with Gasteiger partial charge in [0.1, 0.15) is 0 Å². The number of aromatic amines is 1. The monoisotopic (exact) mass is 246 g/mol. The molecule has 0 spiro atoms. The number of nitrogens with zero attached hydrogens (tertiary/aromatic N) is 1. The number of aromatic nitrogens is 2. The topological polar surface area (TPSA) is 28.7 Å². The van der Waals surface area contributed by atoms with Crippen LogP contribution in [0.25, 0.3) is 21.7 Å². The smallest absolute Gasteiger partial charge is 0.0533 e. The molecule has 2 aromatic carbocycles. The minimum Gasteiger partial charge on any atom is -0.361 e. The highest BCUT2D eigenvalue weighted by Gasteiger charge is 1.98. The SMILES string of the molecule is c1ccc2c(c1)ccc1cc[nH]c12.c1ccncc1. The third-order valence-electron chi connectivity index (χ3n) is 3.02. The van der Waals surface area contributed by atoms with Gasteiger partial charge in [0.25, 0.3) is 0 Å². The van der Waals surface area contributed by atoms with E-state index < -0.39 is 0 Å². The van der Waals surface area contributed by atoms with Gasteiger partial charge in [0.15, 0.2) is 0 Å². The molecule has 0 atom stereocenters. The average Bonchev–Trinajstić information content (AvgIpc) is 2.99. The lowest BCUT2D eigenvalue weighted by Crippen LogP contribution is -1.73. The normalized spacial score (nSPS) is 10.1. The zero-order chi connectivity index (χ0) is 12.9. The van der Waals surface area contributed by atoms with Crippen LogP contribution in [0, 0.1) is 0 Å². The van der Waals surface area contributed by atoms with E-state index in [-0.39, 0.29) is 0 Å². The summed E-state index contributed by atoms with van der Waals surface area (Å²) in [6.07, 6.45) is 5.48. The Balaban J connectivity index is 0.000000155. The van der Waals surface area contributed by atoms with Crippen molar-refractivity contribution in [3.05, 3.63) is 79.3 Å². The average molecular weight is 246 g/mol. The molecule has 0 saturated carbocycles. The van der Waals surface area contributed by atoms with Crippen molar-refractivity contribution >= 4 is 21.7 Å². The van der Waals surface area contributed by atoms with Crippen LogP contribution in [0.4, 0.5) is 0 Å². The molecule has 4 aromatic rings. The number of fused-ring (bicyclic) bond motifs is 3. The predicted octanol–water partition coefficient (Wildman–Crippen LogP) is 4.40. The van der Waals surface area contributed by atoms with Gasteiger partial charge in [-0.1, -0.05) is 42.5 Å². The first-order chi connectivity index (χ1) is 9.45. The van der Waals surface area contributed by atoms with E-state index in [4.69, 9.17) is 0 Å². The Morgan fingerprint density at radius 2 is 1.47 bits per heavy atom. The van der Waals surface area contributed by atoms with Crippen LogP contribution in [0.15, 0.2) is 79.3 Å². The molecular weight excluding hydrogens is 232 g/mol. The van der Waals surface area contributed by atoms with Crippen LogP contribution < -0.4 is 0 Å². The highest BCUT2D eigenvalue weighted by molar-refractivity contribution is 6.05. The van der Waals surface area contributed by atoms with Crippen molar-refractivity contribution in [2.45, 2.75) is 0 Å². The largest absolute Gasteiger partial charge is 0.361 e. The van der Waals surface area contributed by atoms with Crippen LogP contribution in [-0.2, 0) is 0 Å². The lowest BCUT2D eigenvalue weighted by atomic mass is 10.1. The van der Waals surface area contributed by atoms with Gasteiger partial charge in [-0.25, -0.2) is 0 Å². The summed E-state index contributed by atoms with van der Waals surface area (Å²) in [4.78, 5) is 7.05. The molecule has 2 nitrogen and oxygen atoms in total. The zero-order valence-electron chi connectivity index (χ0n) is 10.5. The Morgan fingerprint density at radius 3 is 2.21 bits per heavy atom. The second-order valence-electron chi connectivity index (χ2n) is 4.25. The number of H-pyrrole nitrogens is 1. The standard InChI is InChI=1S/C12H9N.C5H5N/c1-2-4-11-9(3-1)5-6-10-7-8-13-12(10)11;1-2-4-6-5-3-1/h1-8,13H;1-5H. The molecule has 19 heavy (non-hydrogen) atoms. The molecule has 4 rings (SSSR count). The molecule has 0 fully saturated rings. The van der Waals surface area contributed by atoms with Gasteiger partial charge in [-0.2, -0.15) is 0 Å². The van der Waals surface area contributed by atoms with Gasteiger partial charge in [-0.3, -0.25) is 4.98 Å². The molecule has 0 aliphatic carbocycles. The summed E-state index contributed by atoms with van der Waals surface area (Å²) >= 11 is 0. The first-order valence-corrected chi connectivity index (χ1v) is 6.25. The van der Waals surface area contributed by atoms with Crippen LogP contribution in [0.3, 0.4) is 0 Å². The highest BCUT2D eigenvalue weighted by Crippen LogP contribution is 2.23. The van der Waals surface area contributed by atoms with Gasteiger partial charge >= 0.3 is 0 Å². The molecule has 2 aromatic heterocycles. The zero-order valence-corrected chi connectivity index (χ0v) is 10.5. The molecule has 0 aliphatic rings. The number of nitrogens with one attached hydrogen (secondary N) is 1. The Labute approximate surface area is 111 Å². The van der Waals surface area contributed by atoms with Crippen molar-refractivity contribution in [2.75, 3.05) is 0 Å². The molecule has 0 amide bonds. The summed E-state index contributed by atoms with van der Waals surface area (Å²) in [6.45, 7) is 0. The summed E-state index contributed by atoms with van der Waals surface area (Å²) in [7, 11) is 0. The maximum atomic E-state index is 3.78. The molecule has 92 valence electrons. The fraction of sp³-hybridized carbons (Fsp3) is 0. The predicted molar refractivity (Wildman–Crippen MR) is 80.0 cm³/mol.